The Morgan fingerprint density at radius 1 is 0.455 bits per heavy atom. The van der Waals surface area contributed by atoms with Crippen molar-refractivity contribution in [3.05, 3.63) is 35.4 Å². The molecule has 1 aromatic carbocycles. The lowest BCUT2D eigenvalue weighted by atomic mass is 10.0. The summed E-state index contributed by atoms with van der Waals surface area (Å²) in [5, 5.41) is 0. The average molecular weight is 615 g/mol. The van der Waals surface area contributed by atoms with Crippen molar-refractivity contribution in [2.24, 2.45) is 11.8 Å². The van der Waals surface area contributed by atoms with Gasteiger partial charge in [-0.3, -0.25) is 0 Å². The molecule has 4 heteroatoms. The molecule has 4 nitrogen and oxygen atoms in total. The minimum absolute atomic E-state index is 0.362. The third-order valence-electron chi connectivity index (χ3n) is 8.65. The van der Waals surface area contributed by atoms with Crippen LogP contribution in [0.5, 0.6) is 0 Å². The summed E-state index contributed by atoms with van der Waals surface area (Å²) in [6, 6.07) is 6.73. The van der Waals surface area contributed by atoms with Gasteiger partial charge < -0.3 is 9.47 Å². The zero-order chi connectivity index (χ0) is 32.1. The highest BCUT2D eigenvalue weighted by atomic mass is 16.5. The van der Waals surface area contributed by atoms with E-state index in [1.807, 2.05) is 0 Å². The number of ether oxygens (including phenoxy) is 2. The quantitative estimate of drug-likeness (QED) is 0.0639. The van der Waals surface area contributed by atoms with Crippen molar-refractivity contribution in [2.45, 2.75) is 182 Å². The first-order chi connectivity index (χ1) is 21.4. The Hall–Kier alpha value is -1.84. The van der Waals surface area contributed by atoms with Crippen LogP contribution in [0.3, 0.4) is 0 Å². The van der Waals surface area contributed by atoms with Gasteiger partial charge in [0.2, 0.25) is 0 Å². The summed E-state index contributed by atoms with van der Waals surface area (Å²) in [7, 11) is 0. The normalized spacial score (nSPS) is 11.4. The molecule has 0 N–H and O–H groups in total. The van der Waals surface area contributed by atoms with E-state index < -0.39 is 0 Å². The fraction of sp³-hybridized carbons (Fsp3) is 0.800. The van der Waals surface area contributed by atoms with Gasteiger partial charge in [-0.15, -0.1) is 0 Å². The van der Waals surface area contributed by atoms with Gasteiger partial charge in [-0.2, -0.15) is 0 Å². The second kappa shape index (κ2) is 28.6. The number of hydrogen-bond acceptors (Lipinski definition) is 4. The number of carbonyl (C=O) groups excluding carboxylic acids is 2. The van der Waals surface area contributed by atoms with Crippen LogP contribution in [0.25, 0.3) is 0 Å². The van der Waals surface area contributed by atoms with E-state index in [0.717, 1.165) is 37.5 Å². The molecule has 0 aliphatic rings. The van der Waals surface area contributed by atoms with Crippen molar-refractivity contribution < 1.29 is 19.1 Å². The molecular formula is C40H70O4. The number of hydrogen-bond donors (Lipinski definition) is 0. The Morgan fingerprint density at radius 3 is 1.02 bits per heavy atom. The molecule has 0 radical (unpaired) electrons. The van der Waals surface area contributed by atoms with Crippen LogP contribution in [0, 0.1) is 11.8 Å². The molecule has 0 amide bonds. The Kier molecular flexibility index (Phi) is 26.1. The SMILES string of the molecule is CC(C)CCCCCCCCCCCCCOC(=O)c1cccc(C(=O)OCCCCCCCCCCCCCC(C)C)c1. The minimum atomic E-state index is -0.362. The Bertz CT molecular complexity index is 752. The monoisotopic (exact) mass is 615 g/mol. The van der Waals surface area contributed by atoms with E-state index in [0.29, 0.717) is 24.3 Å². The summed E-state index contributed by atoms with van der Waals surface area (Å²) in [6.45, 7) is 10.1. The molecule has 0 saturated heterocycles. The number of esters is 2. The van der Waals surface area contributed by atoms with Crippen LogP contribution in [0.4, 0.5) is 0 Å². The van der Waals surface area contributed by atoms with Crippen LogP contribution in [-0.4, -0.2) is 25.2 Å². The number of benzene rings is 1. The molecule has 0 aliphatic heterocycles. The molecule has 1 aromatic rings. The summed E-state index contributed by atoms with van der Waals surface area (Å²) in [4.78, 5) is 25.0. The van der Waals surface area contributed by atoms with Gasteiger partial charge in [0.1, 0.15) is 0 Å². The van der Waals surface area contributed by atoms with Gasteiger partial charge >= 0.3 is 11.9 Å². The molecule has 0 fully saturated rings. The Labute approximate surface area is 272 Å². The van der Waals surface area contributed by atoms with E-state index in [9.17, 15) is 9.59 Å². The lowest BCUT2D eigenvalue weighted by Crippen LogP contribution is -2.10. The first kappa shape index (κ1) is 40.2. The van der Waals surface area contributed by atoms with E-state index in [4.69, 9.17) is 9.47 Å². The molecular weight excluding hydrogens is 544 g/mol. The van der Waals surface area contributed by atoms with Crippen LogP contribution < -0.4 is 0 Å². The van der Waals surface area contributed by atoms with Gasteiger partial charge in [0, 0.05) is 0 Å². The van der Waals surface area contributed by atoms with Gasteiger partial charge in [-0.05, 0) is 42.9 Å². The topological polar surface area (TPSA) is 52.6 Å². The molecule has 1 rings (SSSR count). The van der Waals surface area contributed by atoms with Crippen molar-refractivity contribution in [1.29, 1.82) is 0 Å². The third-order valence-corrected chi connectivity index (χ3v) is 8.65. The Balaban J connectivity index is 2.00. The predicted octanol–water partition coefficient (Wildman–Crippen LogP) is 12.7. The first-order valence-electron chi connectivity index (χ1n) is 18.8. The zero-order valence-electron chi connectivity index (χ0n) is 29.5. The second-order valence-electron chi connectivity index (χ2n) is 14.0. The van der Waals surface area contributed by atoms with Gasteiger partial charge in [0.05, 0.1) is 24.3 Å². The maximum Gasteiger partial charge on any atom is 0.338 e. The largest absolute Gasteiger partial charge is 0.462 e. The number of rotatable bonds is 30. The van der Waals surface area contributed by atoms with Crippen LogP contribution in [0.15, 0.2) is 24.3 Å². The van der Waals surface area contributed by atoms with Crippen LogP contribution >= 0.6 is 0 Å². The fourth-order valence-corrected chi connectivity index (χ4v) is 5.76. The first-order valence-corrected chi connectivity index (χ1v) is 18.8. The lowest BCUT2D eigenvalue weighted by Gasteiger charge is -2.08. The number of carbonyl (C=O) groups is 2. The minimum Gasteiger partial charge on any atom is -0.462 e. The van der Waals surface area contributed by atoms with Crippen molar-refractivity contribution >= 4 is 11.9 Å². The molecule has 254 valence electrons. The Morgan fingerprint density at radius 2 is 0.727 bits per heavy atom. The van der Waals surface area contributed by atoms with E-state index >= 15 is 0 Å². The smallest absolute Gasteiger partial charge is 0.338 e. The van der Waals surface area contributed by atoms with Crippen LogP contribution in [-0.2, 0) is 9.47 Å². The molecule has 0 saturated carbocycles. The van der Waals surface area contributed by atoms with Crippen molar-refractivity contribution in [1.82, 2.24) is 0 Å². The van der Waals surface area contributed by atoms with Gasteiger partial charge in [0.15, 0.2) is 0 Å². The molecule has 0 heterocycles. The predicted molar refractivity (Wildman–Crippen MR) is 187 cm³/mol. The zero-order valence-corrected chi connectivity index (χ0v) is 29.5. The summed E-state index contributed by atoms with van der Waals surface area (Å²) in [6.07, 6.45) is 30.8. The summed E-state index contributed by atoms with van der Waals surface area (Å²) >= 11 is 0. The van der Waals surface area contributed by atoms with Crippen molar-refractivity contribution in [2.75, 3.05) is 13.2 Å². The summed E-state index contributed by atoms with van der Waals surface area (Å²) in [5.74, 6) is 0.959. The highest BCUT2D eigenvalue weighted by molar-refractivity contribution is 5.95. The van der Waals surface area contributed by atoms with Crippen molar-refractivity contribution in [3.63, 3.8) is 0 Å². The standard InChI is InChI=1S/C40H70O4/c1-35(2)28-23-19-15-11-7-5-9-13-17-21-25-32-43-39(41)37-30-27-31-38(34-37)40(42)44-33-26-22-18-14-10-6-8-12-16-20-24-29-36(3)4/h27,30-31,34-36H,5-26,28-29,32-33H2,1-4H3. The van der Waals surface area contributed by atoms with E-state index in [1.54, 1.807) is 24.3 Å². The molecule has 0 spiro atoms. The van der Waals surface area contributed by atoms with Crippen LogP contribution in [0.1, 0.15) is 203 Å². The van der Waals surface area contributed by atoms with Gasteiger partial charge in [-0.1, -0.05) is 175 Å². The molecule has 0 bridgehead atoms. The molecule has 0 aliphatic carbocycles. The summed E-state index contributed by atoms with van der Waals surface area (Å²) < 4.78 is 10.9. The van der Waals surface area contributed by atoms with Gasteiger partial charge in [0.25, 0.3) is 0 Å². The summed E-state index contributed by atoms with van der Waals surface area (Å²) in [5.41, 5.74) is 0.832. The van der Waals surface area contributed by atoms with E-state index in [2.05, 4.69) is 27.7 Å². The maximum absolute atomic E-state index is 12.5. The number of unbranched alkanes of at least 4 members (excludes halogenated alkanes) is 20. The molecule has 0 unspecified atom stereocenters. The van der Waals surface area contributed by atoms with Crippen LogP contribution in [0.2, 0.25) is 0 Å². The average Bonchev–Trinajstić information content (AvgIpc) is 3.00. The molecule has 44 heavy (non-hydrogen) atoms. The van der Waals surface area contributed by atoms with Crippen molar-refractivity contribution in [3.8, 4) is 0 Å². The molecule has 0 atom stereocenters. The highest BCUT2D eigenvalue weighted by Crippen LogP contribution is 2.16. The third kappa shape index (κ3) is 24.5. The lowest BCUT2D eigenvalue weighted by molar-refractivity contribution is 0.0496. The second-order valence-corrected chi connectivity index (χ2v) is 14.0. The van der Waals surface area contributed by atoms with E-state index in [-0.39, 0.29) is 11.9 Å². The fourth-order valence-electron chi connectivity index (χ4n) is 5.76. The highest BCUT2D eigenvalue weighted by Gasteiger charge is 2.12. The van der Waals surface area contributed by atoms with E-state index in [1.165, 1.54) is 128 Å². The van der Waals surface area contributed by atoms with Gasteiger partial charge in [-0.25, -0.2) is 9.59 Å². The maximum atomic E-state index is 12.5. The molecule has 0 aromatic heterocycles.